The standard InChI is InChI=1S/C25H30N4O.CH4/c1-2-27-11-13-29(14-12-27)25-23-6-4-3-5-21(23)19-24(26-25)20-7-9-22(10-8-20)28-15-17-30-18-16-28;/h3-10,19H,2,11-18H2,1H3;1H4. The number of anilines is 2. The monoisotopic (exact) mass is 418 g/mol. The highest BCUT2D eigenvalue weighted by molar-refractivity contribution is 5.95. The molecule has 3 aromatic rings. The second-order valence-corrected chi connectivity index (χ2v) is 8.12. The molecule has 2 aromatic carbocycles. The van der Waals surface area contributed by atoms with E-state index in [4.69, 9.17) is 9.72 Å². The van der Waals surface area contributed by atoms with Crippen molar-refractivity contribution in [2.24, 2.45) is 0 Å². The zero-order valence-electron chi connectivity index (χ0n) is 17.8. The van der Waals surface area contributed by atoms with Crippen molar-refractivity contribution in [2.75, 3.05) is 68.8 Å². The fraction of sp³-hybridized carbons (Fsp3) is 0.423. The van der Waals surface area contributed by atoms with E-state index in [1.807, 2.05) is 0 Å². The SMILES string of the molecule is C.CCN1CCN(c2nc(-c3ccc(N4CCOCC4)cc3)cc3ccccc23)CC1. The highest BCUT2D eigenvalue weighted by Gasteiger charge is 2.20. The van der Waals surface area contributed by atoms with E-state index < -0.39 is 0 Å². The number of piperazine rings is 1. The molecule has 0 saturated carbocycles. The summed E-state index contributed by atoms with van der Waals surface area (Å²) in [6.45, 7) is 11.2. The van der Waals surface area contributed by atoms with Crippen molar-refractivity contribution in [2.45, 2.75) is 14.4 Å². The van der Waals surface area contributed by atoms with Crippen molar-refractivity contribution in [3.8, 4) is 11.3 Å². The number of hydrogen-bond donors (Lipinski definition) is 0. The van der Waals surface area contributed by atoms with Crippen molar-refractivity contribution in [1.82, 2.24) is 9.88 Å². The van der Waals surface area contributed by atoms with Crippen molar-refractivity contribution in [3.05, 3.63) is 54.6 Å². The summed E-state index contributed by atoms with van der Waals surface area (Å²) in [6.07, 6.45) is 0. The van der Waals surface area contributed by atoms with Crippen LogP contribution < -0.4 is 9.80 Å². The molecule has 2 aliphatic heterocycles. The number of hydrogen-bond acceptors (Lipinski definition) is 5. The van der Waals surface area contributed by atoms with Gasteiger partial charge in [0.1, 0.15) is 5.82 Å². The Kier molecular flexibility index (Phi) is 6.73. The lowest BCUT2D eigenvalue weighted by molar-refractivity contribution is 0.122. The summed E-state index contributed by atoms with van der Waals surface area (Å²) in [5, 5.41) is 2.50. The van der Waals surface area contributed by atoms with E-state index in [0.717, 1.165) is 70.5 Å². The van der Waals surface area contributed by atoms with E-state index in [1.165, 1.54) is 22.0 Å². The van der Waals surface area contributed by atoms with Crippen LogP contribution in [0.4, 0.5) is 11.5 Å². The van der Waals surface area contributed by atoms with Gasteiger partial charge in [0, 0.05) is 55.9 Å². The van der Waals surface area contributed by atoms with Gasteiger partial charge in [-0.15, -0.1) is 0 Å². The fourth-order valence-electron chi connectivity index (χ4n) is 4.51. The predicted molar refractivity (Wildman–Crippen MR) is 131 cm³/mol. The number of benzene rings is 2. The number of likely N-dealkylation sites (N-methyl/N-ethyl adjacent to an activating group) is 1. The van der Waals surface area contributed by atoms with Gasteiger partial charge in [-0.2, -0.15) is 0 Å². The summed E-state index contributed by atoms with van der Waals surface area (Å²) in [5.41, 5.74) is 3.49. The molecular formula is C26H34N4O. The zero-order chi connectivity index (χ0) is 20.3. The quantitative estimate of drug-likeness (QED) is 0.622. The Morgan fingerprint density at radius 2 is 1.55 bits per heavy atom. The normalized spacial score (nSPS) is 17.6. The molecule has 0 spiro atoms. The van der Waals surface area contributed by atoms with Crippen LogP contribution in [0.5, 0.6) is 0 Å². The van der Waals surface area contributed by atoms with Gasteiger partial charge in [0.05, 0.1) is 18.9 Å². The summed E-state index contributed by atoms with van der Waals surface area (Å²) < 4.78 is 5.48. The Morgan fingerprint density at radius 3 is 2.26 bits per heavy atom. The molecule has 0 aliphatic carbocycles. The van der Waals surface area contributed by atoms with Crippen LogP contribution in [0.1, 0.15) is 14.4 Å². The number of aromatic nitrogens is 1. The van der Waals surface area contributed by atoms with Crippen LogP contribution in [0.2, 0.25) is 0 Å². The molecular weight excluding hydrogens is 384 g/mol. The molecule has 2 saturated heterocycles. The van der Waals surface area contributed by atoms with Gasteiger partial charge < -0.3 is 19.4 Å². The molecule has 2 fully saturated rings. The highest BCUT2D eigenvalue weighted by Crippen LogP contribution is 2.31. The first-order chi connectivity index (χ1) is 14.8. The van der Waals surface area contributed by atoms with Gasteiger partial charge >= 0.3 is 0 Å². The van der Waals surface area contributed by atoms with Crippen LogP contribution in [0.15, 0.2) is 54.6 Å². The molecule has 0 atom stereocenters. The Morgan fingerprint density at radius 1 is 0.839 bits per heavy atom. The summed E-state index contributed by atoms with van der Waals surface area (Å²) in [6, 6.07) is 19.7. The number of rotatable bonds is 4. The Hall–Kier alpha value is -2.63. The maximum atomic E-state index is 5.48. The molecule has 0 amide bonds. The van der Waals surface area contributed by atoms with E-state index >= 15 is 0 Å². The minimum absolute atomic E-state index is 0. The summed E-state index contributed by atoms with van der Waals surface area (Å²) >= 11 is 0. The van der Waals surface area contributed by atoms with E-state index in [2.05, 4.69) is 76.2 Å². The average Bonchev–Trinajstić information content (AvgIpc) is 2.84. The maximum Gasteiger partial charge on any atom is 0.137 e. The number of morpholine rings is 1. The lowest BCUT2D eigenvalue weighted by Gasteiger charge is -2.35. The number of fused-ring (bicyclic) bond motifs is 1. The predicted octanol–water partition coefficient (Wildman–Crippen LogP) is 4.52. The molecule has 3 heterocycles. The number of ether oxygens (including phenoxy) is 1. The Bertz CT molecular complexity index is 990. The van der Waals surface area contributed by atoms with Crippen molar-refractivity contribution in [1.29, 1.82) is 0 Å². The van der Waals surface area contributed by atoms with Gasteiger partial charge in [0.15, 0.2) is 0 Å². The maximum absolute atomic E-state index is 5.48. The van der Waals surface area contributed by atoms with Gasteiger partial charge in [0.25, 0.3) is 0 Å². The van der Waals surface area contributed by atoms with Crippen LogP contribution in [-0.4, -0.2) is 68.9 Å². The third kappa shape index (κ3) is 4.53. The number of nitrogens with zero attached hydrogens (tertiary/aromatic N) is 4. The molecule has 0 N–H and O–H groups in total. The molecule has 5 nitrogen and oxygen atoms in total. The van der Waals surface area contributed by atoms with Crippen molar-refractivity contribution < 1.29 is 4.74 Å². The lowest BCUT2D eigenvalue weighted by atomic mass is 10.1. The molecule has 5 rings (SSSR count). The minimum atomic E-state index is 0. The van der Waals surface area contributed by atoms with Crippen LogP contribution in [0, 0.1) is 0 Å². The molecule has 1 aromatic heterocycles. The van der Waals surface area contributed by atoms with Crippen LogP contribution in [0.25, 0.3) is 22.0 Å². The Balaban J connectivity index is 0.00000231. The molecule has 164 valence electrons. The van der Waals surface area contributed by atoms with Crippen molar-refractivity contribution >= 4 is 22.3 Å². The molecule has 5 heteroatoms. The van der Waals surface area contributed by atoms with Gasteiger partial charge in [-0.1, -0.05) is 50.7 Å². The third-order valence-corrected chi connectivity index (χ3v) is 6.38. The highest BCUT2D eigenvalue weighted by atomic mass is 16.5. The van der Waals surface area contributed by atoms with Crippen molar-refractivity contribution in [3.63, 3.8) is 0 Å². The first-order valence-electron chi connectivity index (χ1n) is 11.1. The van der Waals surface area contributed by atoms with E-state index in [9.17, 15) is 0 Å². The zero-order valence-corrected chi connectivity index (χ0v) is 17.8. The summed E-state index contributed by atoms with van der Waals surface area (Å²) in [5.74, 6) is 1.12. The fourth-order valence-corrected chi connectivity index (χ4v) is 4.51. The topological polar surface area (TPSA) is 31.8 Å². The second-order valence-electron chi connectivity index (χ2n) is 8.12. The molecule has 0 radical (unpaired) electrons. The molecule has 0 unspecified atom stereocenters. The first-order valence-corrected chi connectivity index (χ1v) is 11.1. The molecule has 0 bridgehead atoms. The molecule has 31 heavy (non-hydrogen) atoms. The van der Waals surface area contributed by atoms with Gasteiger partial charge in [0.2, 0.25) is 0 Å². The van der Waals surface area contributed by atoms with Gasteiger partial charge in [-0.3, -0.25) is 0 Å². The summed E-state index contributed by atoms with van der Waals surface area (Å²) in [7, 11) is 0. The molecule has 2 aliphatic rings. The van der Waals surface area contributed by atoms with E-state index in [1.54, 1.807) is 0 Å². The smallest absolute Gasteiger partial charge is 0.137 e. The average molecular weight is 419 g/mol. The van der Waals surface area contributed by atoms with Crippen LogP contribution >= 0.6 is 0 Å². The largest absolute Gasteiger partial charge is 0.378 e. The Labute approximate surface area is 186 Å². The first kappa shape index (κ1) is 21.6. The third-order valence-electron chi connectivity index (χ3n) is 6.38. The van der Waals surface area contributed by atoms with Crippen LogP contribution in [0.3, 0.4) is 0 Å². The minimum Gasteiger partial charge on any atom is -0.378 e. The van der Waals surface area contributed by atoms with Gasteiger partial charge in [-0.05, 0) is 30.1 Å². The van der Waals surface area contributed by atoms with E-state index in [0.29, 0.717) is 0 Å². The second kappa shape index (κ2) is 9.67. The lowest BCUT2D eigenvalue weighted by Crippen LogP contribution is -2.46. The summed E-state index contributed by atoms with van der Waals surface area (Å²) in [4.78, 5) is 12.5. The number of pyridine rings is 1. The van der Waals surface area contributed by atoms with E-state index in [-0.39, 0.29) is 7.43 Å². The van der Waals surface area contributed by atoms with Gasteiger partial charge in [-0.25, -0.2) is 4.98 Å². The van der Waals surface area contributed by atoms with Crippen LogP contribution in [-0.2, 0) is 4.74 Å².